The van der Waals surface area contributed by atoms with Crippen molar-refractivity contribution in [3.8, 4) is 0 Å². The van der Waals surface area contributed by atoms with Gasteiger partial charge < -0.3 is 14.0 Å². The first kappa shape index (κ1) is 23.3. The van der Waals surface area contributed by atoms with Gasteiger partial charge in [0.2, 0.25) is 0 Å². The van der Waals surface area contributed by atoms with E-state index in [0.717, 1.165) is 62.4 Å². The lowest BCUT2D eigenvalue weighted by Crippen LogP contribution is -2.29. The van der Waals surface area contributed by atoms with E-state index in [4.69, 9.17) is 14.5 Å². The van der Waals surface area contributed by atoms with Gasteiger partial charge in [-0.2, -0.15) is 0 Å². The number of nitrogens with zero attached hydrogens (tertiary/aromatic N) is 3. The second kappa shape index (κ2) is 10.1. The van der Waals surface area contributed by atoms with Crippen molar-refractivity contribution >= 4 is 28.4 Å². The molecule has 0 aliphatic carbocycles. The Hall–Kier alpha value is -2.42. The van der Waals surface area contributed by atoms with Crippen molar-refractivity contribution in [2.75, 3.05) is 19.0 Å². The predicted octanol–water partition coefficient (Wildman–Crippen LogP) is 4.15. The molecule has 2 aromatic heterocycles. The van der Waals surface area contributed by atoms with Gasteiger partial charge in [0.05, 0.1) is 35.4 Å². The highest BCUT2D eigenvalue weighted by molar-refractivity contribution is 7.99. The average molecular weight is 482 g/mol. The van der Waals surface area contributed by atoms with Crippen molar-refractivity contribution in [3.63, 3.8) is 0 Å². The zero-order valence-corrected chi connectivity index (χ0v) is 20.6. The number of fused-ring (bicyclic) bond motifs is 1. The van der Waals surface area contributed by atoms with Gasteiger partial charge in [-0.25, -0.2) is 4.98 Å². The summed E-state index contributed by atoms with van der Waals surface area (Å²) in [6.45, 7) is 6.83. The van der Waals surface area contributed by atoms with Crippen LogP contribution in [0.15, 0.2) is 40.3 Å². The summed E-state index contributed by atoms with van der Waals surface area (Å²) in [6.07, 6.45) is 4.32. The van der Waals surface area contributed by atoms with Crippen LogP contribution in [0.4, 0.5) is 0 Å². The van der Waals surface area contributed by atoms with Crippen molar-refractivity contribution in [1.82, 2.24) is 14.1 Å². The number of rotatable bonds is 8. The largest absolute Gasteiger partial charge is 0.376 e. The second-order valence-electron chi connectivity index (χ2n) is 9.20. The molecule has 180 valence electrons. The Labute approximate surface area is 203 Å². The minimum atomic E-state index is -0.0780. The number of carbonyl (C=O) groups excluding carboxylic acids is 1. The van der Waals surface area contributed by atoms with Crippen LogP contribution in [-0.2, 0) is 22.6 Å². The highest BCUT2D eigenvalue weighted by Crippen LogP contribution is 2.25. The van der Waals surface area contributed by atoms with Crippen molar-refractivity contribution in [3.05, 3.63) is 57.6 Å². The van der Waals surface area contributed by atoms with Crippen LogP contribution in [-0.4, -0.2) is 51.1 Å². The Bertz CT molecular complexity index is 1250. The number of ketones is 1. The first-order valence-electron chi connectivity index (χ1n) is 12.1. The van der Waals surface area contributed by atoms with Crippen LogP contribution in [0.2, 0.25) is 0 Å². The molecule has 0 radical (unpaired) electrons. The average Bonchev–Trinajstić information content (AvgIpc) is 3.59. The SMILES string of the molecule is Cc1cc(C(=O)CSc2nc3ccccc3c(=O)n2C[C@H]2CCCO2)c(C)n1C[C@H]1CCCO1. The summed E-state index contributed by atoms with van der Waals surface area (Å²) in [5.41, 5.74) is 3.35. The van der Waals surface area contributed by atoms with Gasteiger partial charge in [0.1, 0.15) is 0 Å². The van der Waals surface area contributed by atoms with Crippen molar-refractivity contribution in [2.24, 2.45) is 0 Å². The number of aromatic nitrogens is 3. The van der Waals surface area contributed by atoms with Crippen LogP contribution < -0.4 is 5.56 Å². The number of para-hydroxylation sites is 1. The lowest BCUT2D eigenvalue weighted by Gasteiger charge is -2.16. The molecule has 5 rings (SSSR count). The van der Waals surface area contributed by atoms with Crippen LogP contribution in [0.5, 0.6) is 0 Å². The van der Waals surface area contributed by atoms with Crippen LogP contribution >= 0.6 is 11.8 Å². The zero-order valence-electron chi connectivity index (χ0n) is 19.8. The Morgan fingerprint density at radius 1 is 1.06 bits per heavy atom. The number of aryl methyl sites for hydroxylation is 1. The molecule has 1 aromatic carbocycles. The molecule has 2 atom stereocenters. The summed E-state index contributed by atoms with van der Waals surface area (Å²) >= 11 is 1.33. The summed E-state index contributed by atoms with van der Waals surface area (Å²) in [7, 11) is 0. The normalized spacial score (nSPS) is 20.4. The molecule has 0 bridgehead atoms. The molecule has 0 unspecified atom stereocenters. The number of hydrogen-bond acceptors (Lipinski definition) is 6. The van der Waals surface area contributed by atoms with Crippen LogP contribution in [0.25, 0.3) is 10.9 Å². The molecule has 0 N–H and O–H groups in total. The summed E-state index contributed by atoms with van der Waals surface area (Å²) in [5, 5.41) is 1.16. The maximum atomic E-state index is 13.3. The Balaban J connectivity index is 1.38. The van der Waals surface area contributed by atoms with E-state index < -0.39 is 0 Å². The molecule has 3 aromatic rings. The second-order valence-corrected chi connectivity index (χ2v) is 10.1. The molecular weight excluding hydrogens is 450 g/mol. The third kappa shape index (κ3) is 4.72. The lowest BCUT2D eigenvalue weighted by molar-refractivity contribution is 0.0937. The minimum Gasteiger partial charge on any atom is -0.376 e. The fourth-order valence-corrected chi connectivity index (χ4v) is 5.87. The van der Waals surface area contributed by atoms with E-state index in [0.29, 0.717) is 22.6 Å². The van der Waals surface area contributed by atoms with E-state index in [2.05, 4.69) is 4.57 Å². The maximum Gasteiger partial charge on any atom is 0.262 e. The number of Topliss-reactive ketones (excluding diaryl/α,β-unsaturated/α-hetero) is 1. The first-order chi connectivity index (χ1) is 16.5. The van der Waals surface area contributed by atoms with E-state index in [9.17, 15) is 9.59 Å². The Morgan fingerprint density at radius 2 is 1.74 bits per heavy atom. The highest BCUT2D eigenvalue weighted by Gasteiger charge is 2.23. The molecule has 4 heterocycles. The molecule has 0 amide bonds. The summed E-state index contributed by atoms with van der Waals surface area (Å²) in [6, 6.07) is 9.35. The van der Waals surface area contributed by atoms with E-state index in [1.165, 1.54) is 11.8 Å². The minimum absolute atomic E-state index is 0.00689. The molecule has 8 heteroatoms. The van der Waals surface area contributed by atoms with Crippen molar-refractivity contribution in [1.29, 1.82) is 0 Å². The number of carbonyl (C=O) groups is 1. The quantitative estimate of drug-likeness (QED) is 0.273. The molecule has 2 fully saturated rings. The molecule has 0 spiro atoms. The van der Waals surface area contributed by atoms with Crippen LogP contribution in [0, 0.1) is 13.8 Å². The van der Waals surface area contributed by atoms with E-state index >= 15 is 0 Å². The zero-order chi connectivity index (χ0) is 23.7. The van der Waals surface area contributed by atoms with Gasteiger partial charge >= 0.3 is 0 Å². The van der Waals surface area contributed by atoms with Crippen molar-refractivity contribution in [2.45, 2.75) is 70.0 Å². The van der Waals surface area contributed by atoms with E-state index in [-0.39, 0.29) is 29.3 Å². The number of hydrogen-bond donors (Lipinski definition) is 0. The molecular formula is C26H31N3O4S. The Kier molecular flexibility index (Phi) is 6.90. The number of benzene rings is 1. The third-order valence-electron chi connectivity index (χ3n) is 6.85. The van der Waals surface area contributed by atoms with Gasteiger partial charge in [-0.3, -0.25) is 14.2 Å². The van der Waals surface area contributed by atoms with E-state index in [1.54, 1.807) is 10.6 Å². The fraction of sp³-hybridized carbons (Fsp3) is 0.500. The van der Waals surface area contributed by atoms with Gasteiger partial charge in [0.25, 0.3) is 5.56 Å². The molecule has 2 aliphatic rings. The first-order valence-corrected chi connectivity index (χ1v) is 13.1. The van der Waals surface area contributed by atoms with E-state index in [1.807, 2.05) is 38.1 Å². The maximum absolute atomic E-state index is 13.3. The topological polar surface area (TPSA) is 75.4 Å². The molecule has 34 heavy (non-hydrogen) atoms. The van der Waals surface area contributed by atoms with Crippen molar-refractivity contribution < 1.29 is 14.3 Å². The van der Waals surface area contributed by atoms with Gasteiger partial charge in [-0.15, -0.1) is 0 Å². The predicted molar refractivity (Wildman–Crippen MR) is 133 cm³/mol. The molecule has 2 saturated heterocycles. The highest BCUT2D eigenvalue weighted by atomic mass is 32.2. The van der Waals surface area contributed by atoms with Gasteiger partial charge in [-0.05, 0) is 57.7 Å². The molecule has 2 aliphatic heterocycles. The smallest absolute Gasteiger partial charge is 0.262 e. The fourth-order valence-electron chi connectivity index (χ4n) is 4.97. The molecule has 0 saturated carbocycles. The van der Waals surface area contributed by atoms with Gasteiger partial charge in [-0.1, -0.05) is 23.9 Å². The standard InChI is InChI=1S/C26H31N3O4S/c1-17-13-22(18(2)28(17)14-19-7-5-11-32-19)24(30)16-34-26-27-23-10-4-3-9-21(23)25(31)29(26)15-20-8-6-12-33-20/h3-4,9-10,13,19-20H,5-8,11-12,14-16H2,1-2H3/t19-,20-/m1/s1. The number of thioether (sulfide) groups is 1. The van der Waals surface area contributed by atoms with Crippen LogP contribution in [0.3, 0.4) is 0 Å². The third-order valence-corrected chi connectivity index (χ3v) is 7.83. The summed E-state index contributed by atoms with van der Waals surface area (Å²) in [5.74, 6) is 0.267. The number of ether oxygens (including phenoxy) is 2. The lowest BCUT2D eigenvalue weighted by atomic mass is 10.2. The summed E-state index contributed by atoms with van der Waals surface area (Å²) < 4.78 is 15.5. The summed E-state index contributed by atoms with van der Waals surface area (Å²) in [4.78, 5) is 31.3. The Morgan fingerprint density at radius 3 is 2.41 bits per heavy atom. The molecule has 7 nitrogen and oxygen atoms in total. The monoisotopic (exact) mass is 481 g/mol. The van der Waals surface area contributed by atoms with Gasteiger partial charge in [0, 0.05) is 36.7 Å². The van der Waals surface area contributed by atoms with Crippen LogP contribution in [0.1, 0.15) is 47.4 Å². The van der Waals surface area contributed by atoms with Gasteiger partial charge in [0.15, 0.2) is 10.9 Å².